The van der Waals surface area contributed by atoms with Crippen LogP contribution in [-0.4, -0.2) is 43.9 Å². The topological polar surface area (TPSA) is 97.9 Å². The van der Waals surface area contributed by atoms with Crippen LogP contribution in [0.25, 0.3) is 0 Å². The molecule has 0 bridgehead atoms. The molecule has 0 fully saturated rings. The quantitative estimate of drug-likeness (QED) is 0.225. The first-order chi connectivity index (χ1) is 15.2. The van der Waals surface area contributed by atoms with Crippen molar-refractivity contribution < 1.29 is 23.8 Å². The van der Waals surface area contributed by atoms with Crippen molar-refractivity contribution in [3.63, 3.8) is 0 Å². The number of hydrazine groups is 1. The Morgan fingerprint density at radius 3 is 2.44 bits per heavy atom. The first kappa shape index (κ1) is 26.5. The average Bonchev–Trinajstić information content (AvgIpc) is 2.72. The lowest BCUT2D eigenvalue weighted by Crippen LogP contribution is -2.49. The highest BCUT2D eigenvalue weighted by Crippen LogP contribution is 2.32. The van der Waals surface area contributed by atoms with Gasteiger partial charge in [-0.1, -0.05) is 31.9 Å². The van der Waals surface area contributed by atoms with Gasteiger partial charge in [-0.15, -0.1) is 0 Å². The van der Waals surface area contributed by atoms with Gasteiger partial charge >= 0.3 is 0 Å². The van der Waals surface area contributed by atoms with Crippen LogP contribution < -0.4 is 25.6 Å². The number of aryl methyl sites for hydroxylation is 1. The molecule has 172 valence electrons. The molecule has 8 nitrogen and oxygen atoms in total. The van der Waals surface area contributed by atoms with Gasteiger partial charge in [0.2, 0.25) is 0 Å². The highest BCUT2D eigenvalue weighted by atomic mass is 79.9. The lowest BCUT2D eigenvalue weighted by Gasteiger charge is -2.15. The highest BCUT2D eigenvalue weighted by Gasteiger charge is 2.16. The van der Waals surface area contributed by atoms with Gasteiger partial charge in [-0.25, -0.2) is 0 Å². The van der Waals surface area contributed by atoms with Gasteiger partial charge in [-0.2, -0.15) is 0 Å². The number of nitrogens with one attached hydrogen (secondary N) is 3. The summed E-state index contributed by atoms with van der Waals surface area (Å²) in [7, 11) is 1.56. The van der Waals surface area contributed by atoms with E-state index < -0.39 is 11.8 Å². The van der Waals surface area contributed by atoms with Crippen molar-refractivity contribution in [1.29, 1.82) is 0 Å². The minimum Gasteiger partial charge on any atom is -0.490 e. The second-order valence-corrected chi connectivity index (χ2v) is 9.35. The number of benzene rings is 2. The van der Waals surface area contributed by atoms with Crippen LogP contribution in [0.4, 0.5) is 0 Å². The standard InChI is InChI=1S/C20H20Br3N3O5S/c1-11-7-13(22)9-15(23)18(11)31-10-17(27)25-26-20(32)24-19(28)14-8-12(21)3-4-16(14)30-6-5-29-2/h3-4,7-9H,5-6,10H2,1-2H3,(H,25,27)(H2,24,26,28,32). The molecule has 0 unspecified atom stereocenters. The van der Waals surface area contributed by atoms with E-state index in [4.69, 9.17) is 26.4 Å². The number of hydrogen-bond acceptors (Lipinski definition) is 6. The van der Waals surface area contributed by atoms with Crippen molar-refractivity contribution in [3.8, 4) is 11.5 Å². The normalized spacial score (nSPS) is 10.3. The maximum Gasteiger partial charge on any atom is 0.276 e. The van der Waals surface area contributed by atoms with E-state index in [-0.39, 0.29) is 23.9 Å². The molecule has 0 saturated heterocycles. The molecule has 0 heterocycles. The molecular weight excluding hydrogens is 634 g/mol. The third-order valence-electron chi connectivity index (χ3n) is 3.82. The second-order valence-electron chi connectivity index (χ2n) is 6.26. The van der Waals surface area contributed by atoms with Crippen LogP contribution in [0.15, 0.2) is 43.7 Å². The number of amides is 2. The molecule has 2 aromatic rings. The number of ether oxygens (including phenoxy) is 3. The zero-order chi connectivity index (χ0) is 23.7. The van der Waals surface area contributed by atoms with Gasteiger partial charge in [0.25, 0.3) is 11.8 Å². The lowest BCUT2D eigenvalue weighted by molar-refractivity contribution is -0.123. The number of carbonyl (C=O) groups excluding carboxylic acids is 2. The third kappa shape index (κ3) is 8.32. The molecule has 0 atom stereocenters. The van der Waals surface area contributed by atoms with Crippen LogP contribution in [0.5, 0.6) is 11.5 Å². The van der Waals surface area contributed by atoms with Gasteiger partial charge in [-0.3, -0.25) is 25.8 Å². The monoisotopic (exact) mass is 651 g/mol. The zero-order valence-electron chi connectivity index (χ0n) is 17.1. The third-order valence-corrected chi connectivity index (χ3v) is 5.56. The van der Waals surface area contributed by atoms with Crippen molar-refractivity contribution in [2.75, 3.05) is 26.9 Å². The number of thiocarbonyl (C=S) groups is 1. The van der Waals surface area contributed by atoms with Gasteiger partial charge in [0.05, 0.1) is 16.6 Å². The maximum atomic E-state index is 12.6. The Labute approximate surface area is 216 Å². The van der Waals surface area contributed by atoms with Gasteiger partial charge in [0.15, 0.2) is 11.7 Å². The van der Waals surface area contributed by atoms with Crippen LogP contribution in [0.3, 0.4) is 0 Å². The van der Waals surface area contributed by atoms with Crippen LogP contribution in [-0.2, 0) is 9.53 Å². The molecule has 0 aliphatic heterocycles. The molecule has 0 saturated carbocycles. The Bertz CT molecular complexity index is 983. The smallest absolute Gasteiger partial charge is 0.276 e. The van der Waals surface area contributed by atoms with Crippen LogP contribution >= 0.6 is 60.0 Å². The Kier molecular flexibility index (Phi) is 10.9. The molecule has 0 aliphatic carbocycles. The van der Waals surface area contributed by atoms with Crippen molar-refractivity contribution in [1.82, 2.24) is 16.2 Å². The molecule has 3 N–H and O–H groups in total. The fourth-order valence-electron chi connectivity index (χ4n) is 2.41. The summed E-state index contributed by atoms with van der Waals surface area (Å²) in [6.07, 6.45) is 0. The zero-order valence-corrected chi connectivity index (χ0v) is 22.7. The summed E-state index contributed by atoms with van der Waals surface area (Å²) in [4.78, 5) is 24.7. The predicted octanol–water partition coefficient (Wildman–Crippen LogP) is 4.02. The molecular formula is C20H20Br3N3O5S. The SMILES string of the molecule is COCCOc1ccc(Br)cc1C(=O)NC(=S)NNC(=O)COc1c(C)cc(Br)cc1Br. The number of halogens is 3. The second kappa shape index (κ2) is 13.1. The van der Waals surface area contributed by atoms with E-state index in [1.54, 1.807) is 25.3 Å². The predicted molar refractivity (Wildman–Crippen MR) is 135 cm³/mol. The minimum absolute atomic E-state index is 0.0906. The summed E-state index contributed by atoms with van der Waals surface area (Å²) in [6.45, 7) is 2.27. The first-order valence-electron chi connectivity index (χ1n) is 9.11. The first-order valence-corrected chi connectivity index (χ1v) is 11.9. The number of hydrogen-bond donors (Lipinski definition) is 3. The molecule has 12 heteroatoms. The van der Waals surface area contributed by atoms with E-state index in [2.05, 4.69) is 64.0 Å². The Balaban J connectivity index is 1.87. The summed E-state index contributed by atoms with van der Waals surface area (Å²) in [5.74, 6) is -0.0636. The maximum absolute atomic E-state index is 12.6. The Morgan fingerprint density at radius 1 is 1.00 bits per heavy atom. The highest BCUT2D eigenvalue weighted by molar-refractivity contribution is 9.11. The molecule has 0 aliphatic rings. The summed E-state index contributed by atoms with van der Waals surface area (Å²) in [6, 6.07) is 8.70. The molecule has 32 heavy (non-hydrogen) atoms. The molecule has 0 radical (unpaired) electrons. The van der Waals surface area contributed by atoms with E-state index in [1.165, 1.54) is 0 Å². The number of methoxy groups -OCH3 is 1. The van der Waals surface area contributed by atoms with Crippen LogP contribution in [0, 0.1) is 6.92 Å². The molecule has 0 spiro atoms. The largest absolute Gasteiger partial charge is 0.490 e. The van der Waals surface area contributed by atoms with E-state index in [1.807, 2.05) is 19.1 Å². The summed E-state index contributed by atoms with van der Waals surface area (Å²) in [5.41, 5.74) is 5.97. The summed E-state index contributed by atoms with van der Waals surface area (Å²) < 4.78 is 18.4. The number of carbonyl (C=O) groups is 2. The van der Waals surface area contributed by atoms with Gasteiger partial charge in [-0.05, 0) is 71.0 Å². The minimum atomic E-state index is -0.504. The Morgan fingerprint density at radius 2 is 1.75 bits per heavy atom. The number of rotatable bonds is 8. The van der Waals surface area contributed by atoms with Crippen LogP contribution in [0.2, 0.25) is 0 Å². The van der Waals surface area contributed by atoms with Crippen molar-refractivity contribution >= 4 is 76.9 Å². The summed E-state index contributed by atoms with van der Waals surface area (Å²) in [5, 5.41) is 2.40. The molecule has 2 aromatic carbocycles. The van der Waals surface area contributed by atoms with E-state index in [9.17, 15) is 9.59 Å². The summed E-state index contributed by atoms with van der Waals surface area (Å²) >= 11 is 15.2. The molecule has 0 aromatic heterocycles. The fourth-order valence-corrected chi connectivity index (χ4v) is 4.47. The van der Waals surface area contributed by atoms with Crippen molar-refractivity contribution in [3.05, 3.63) is 54.9 Å². The Hall–Kier alpha value is -1.73. The van der Waals surface area contributed by atoms with Gasteiger partial charge < -0.3 is 14.2 Å². The van der Waals surface area contributed by atoms with Gasteiger partial charge in [0, 0.05) is 16.1 Å². The average molecular weight is 654 g/mol. The van der Waals surface area contributed by atoms with Crippen LogP contribution in [0.1, 0.15) is 15.9 Å². The van der Waals surface area contributed by atoms with Crippen molar-refractivity contribution in [2.45, 2.75) is 6.92 Å². The van der Waals surface area contributed by atoms with Crippen molar-refractivity contribution in [2.24, 2.45) is 0 Å². The van der Waals surface area contributed by atoms with E-state index in [0.29, 0.717) is 27.1 Å². The fraction of sp³-hybridized carbons (Fsp3) is 0.250. The molecule has 2 rings (SSSR count). The van der Waals surface area contributed by atoms with E-state index in [0.717, 1.165) is 10.0 Å². The molecule has 2 amide bonds. The lowest BCUT2D eigenvalue weighted by atomic mass is 10.2. The van der Waals surface area contributed by atoms with Gasteiger partial charge in [0.1, 0.15) is 18.1 Å². The van der Waals surface area contributed by atoms with E-state index >= 15 is 0 Å².